The van der Waals surface area contributed by atoms with E-state index in [-0.39, 0.29) is 12.6 Å². The zero-order chi connectivity index (χ0) is 20.9. The first kappa shape index (κ1) is 17.3. The van der Waals surface area contributed by atoms with Crippen LogP contribution in [0.2, 0.25) is 5.65 Å². The van der Waals surface area contributed by atoms with Crippen molar-refractivity contribution in [2.24, 2.45) is 11.4 Å². The second kappa shape index (κ2) is 21.0. The molecular formula is C22H48N2. The summed E-state index contributed by atoms with van der Waals surface area (Å²) in [5.74, 6) is 0. The van der Waals surface area contributed by atoms with Crippen molar-refractivity contribution in [3.05, 3.63) is 0 Å². The lowest BCUT2D eigenvalue weighted by Gasteiger charge is -2.07. The van der Waals surface area contributed by atoms with E-state index >= 15 is 0 Å². The first-order valence-corrected chi connectivity index (χ1v) is 11.1. The van der Waals surface area contributed by atoms with Gasteiger partial charge in [-0.3, -0.25) is 0 Å². The predicted octanol–water partition coefficient (Wildman–Crippen LogP) is 6.70. The van der Waals surface area contributed by atoms with Crippen molar-refractivity contribution in [2.75, 3.05) is 6.54 Å². The van der Waals surface area contributed by atoms with Crippen LogP contribution in [0.4, 0.5) is 0 Å². The predicted molar refractivity (Wildman–Crippen MR) is 110 cm³/mol. The average molecular weight is 345 g/mol. The zero-order valence-corrected chi connectivity index (χ0v) is 16.6. The summed E-state index contributed by atoms with van der Waals surface area (Å²) >= 11 is 0. The van der Waals surface area contributed by atoms with Gasteiger partial charge in [-0.2, -0.15) is 0 Å². The van der Waals surface area contributed by atoms with Gasteiger partial charge >= 0.3 is 0 Å². The Morgan fingerprint density at radius 2 is 0.958 bits per heavy atom. The van der Waals surface area contributed by atoms with Crippen LogP contribution in [-0.4, -0.2) is 12.6 Å². The third-order valence-electron chi connectivity index (χ3n) is 5.10. The van der Waals surface area contributed by atoms with Gasteiger partial charge in [-0.05, 0) is 6.42 Å². The fourth-order valence-corrected chi connectivity index (χ4v) is 3.37. The molecule has 24 heavy (non-hydrogen) atoms. The van der Waals surface area contributed by atoms with Crippen LogP contribution in [0.3, 0.4) is 0 Å². The lowest BCUT2D eigenvalue weighted by Crippen LogP contribution is -2.29. The summed E-state index contributed by atoms with van der Waals surface area (Å²) < 4.78 is 28.9. The Labute approximate surface area is 159 Å². The summed E-state index contributed by atoms with van der Waals surface area (Å²) in [6, 6.07) is -0.323. The van der Waals surface area contributed by atoms with Crippen molar-refractivity contribution in [3.63, 3.8) is 0 Å². The van der Waals surface area contributed by atoms with Gasteiger partial charge in [-0.25, -0.2) is 0 Å². The van der Waals surface area contributed by atoms with Crippen molar-refractivity contribution in [1.29, 1.82) is 0 Å². The highest BCUT2D eigenvalue weighted by atomic mass is 14.7. The van der Waals surface area contributed by atoms with E-state index in [1.165, 1.54) is 103 Å². The molecule has 0 aliphatic heterocycles. The fraction of sp³-hybridized carbons (Fsp3) is 1.00. The van der Waals surface area contributed by atoms with E-state index < -0.39 is 0 Å². The Morgan fingerprint density at radius 3 is 1.29 bits per heavy atom. The highest BCUT2D eigenvalue weighted by Crippen LogP contribution is 2.14. The van der Waals surface area contributed by atoms with E-state index in [1.54, 1.807) is 0 Å². The quantitative estimate of drug-likeness (QED) is 0.215. The molecule has 0 bridgehead atoms. The van der Waals surface area contributed by atoms with Crippen LogP contribution in [0, 0.1) is 0 Å². The van der Waals surface area contributed by atoms with Gasteiger partial charge in [0.1, 0.15) is 5.65 Å². The molecule has 2 nitrogen and oxygen atoms in total. The van der Waals surface area contributed by atoms with Crippen molar-refractivity contribution in [3.8, 4) is 0 Å². The second-order valence-corrected chi connectivity index (χ2v) is 7.64. The Balaban J connectivity index is 3.21. The standard InChI is InChI=1S/C22H48N2/c1-2-3-4-5-6-7-8-9-10-11-12-13-14-15-16-17-18-19-20-22(24)21-23/h22H,2-21,23-24H2,1H3/i/hD4. The highest BCUT2D eigenvalue weighted by Gasteiger charge is 1.98. The first-order chi connectivity index (χ1) is 13.6. The Bertz CT molecular complexity index is 304. The molecule has 0 aliphatic rings. The molecular weight excluding hydrogens is 292 g/mol. The van der Waals surface area contributed by atoms with Gasteiger partial charge in [0.15, 0.2) is 0 Å². The maximum atomic E-state index is 7.34. The number of rotatable bonds is 22. The molecule has 0 aromatic heterocycles. The molecule has 0 radical (unpaired) electrons. The molecule has 0 fully saturated rings. The van der Waals surface area contributed by atoms with Gasteiger partial charge in [0.25, 0.3) is 0 Å². The summed E-state index contributed by atoms with van der Waals surface area (Å²) in [4.78, 5) is 0. The van der Waals surface area contributed by atoms with Gasteiger partial charge in [0.2, 0.25) is 0 Å². The summed E-state index contributed by atoms with van der Waals surface area (Å²) in [5.41, 5.74) is 1.24. The topological polar surface area (TPSA) is 52.0 Å². The summed E-state index contributed by atoms with van der Waals surface area (Å²) in [6.07, 6.45) is 25.1. The van der Waals surface area contributed by atoms with E-state index in [0.29, 0.717) is 11.4 Å². The molecule has 2 heteroatoms. The van der Waals surface area contributed by atoms with Gasteiger partial charge in [0.05, 0.1) is 0 Å². The van der Waals surface area contributed by atoms with Gasteiger partial charge < -0.3 is 11.4 Å². The Kier molecular flexibility index (Phi) is 15.1. The Hall–Kier alpha value is -0.0800. The normalized spacial score (nSPS) is 15.3. The second-order valence-electron chi connectivity index (χ2n) is 7.64. The van der Waals surface area contributed by atoms with Gasteiger partial charge in [-0.15, -0.1) is 0 Å². The van der Waals surface area contributed by atoms with Crippen LogP contribution in [0.15, 0.2) is 0 Å². The lowest BCUT2D eigenvalue weighted by molar-refractivity contribution is 0.514. The summed E-state index contributed by atoms with van der Waals surface area (Å²) in [7, 11) is 0. The molecule has 0 amide bonds. The van der Waals surface area contributed by atoms with Crippen LogP contribution in [0.25, 0.3) is 0 Å². The number of hydrogen-bond donors (Lipinski definition) is 2. The third kappa shape index (κ3) is 20.0. The van der Waals surface area contributed by atoms with Gasteiger partial charge in [-0.1, -0.05) is 122 Å². The molecule has 0 aromatic carbocycles. The smallest absolute Gasteiger partial charge is 0.119 e. The van der Waals surface area contributed by atoms with E-state index in [2.05, 4.69) is 6.92 Å². The maximum absolute atomic E-state index is 7.34. The average Bonchev–Trinajstić information content (AvgIpc) is 2.65. The Morgan fingerprint density at radius 1 is 0.583 bits per heavy atom. The SMILES string of the molecule is [2H]N([2H])CC(CCCCCCCCCCCCCCCCCCCC)N([2H])[2H]. The fourth-order valence-electron chi connectivity index (χ4n) is 3.37. The van der Waals surface area contributed by atoms with E-state index in [4.69, 9.17) is 5.65 Å². The zero-order valence-electron chi connectivity index (χ0n) is 20.6. The van der Waals surface area contributed by atoms with E-state index in [1.807, 2.05) is 0 Å². The maximum Gasteiger partial charge on any atom is 0.119 e. The third-order valence-corrected chi connectivity index (χ3v) is 5.10. The summed E-state index contributed by atoms with van der Waals surface area (Å²) in [6.45, 7) is 2.42. The lowest BCUT2D eigenvalue weighted by atomic mass is 10.0. The van der Waals surface area contributed by atoms with E-state index in [9.17, 15) is 0 Å². The summed E-state index contributed by atoms with van der Waals surface area (Å²) in [5, 5.41) is 0. The molecule has 0 saturated carbocycles. The van der Waals surface area contributed by atoms with Crippen LogP contribution >= 0.6 is 0 Å². The van der Waals surface area contributed by atoms with Crippen LogP contribution in [0.5, 0.6) is 0 Å². The number of unbranched alkanes of at least 4 members (excludes halogenated alkanes) is 17. The van der Waals surface area contributed by atoms with Crippen LogP contribution in [-0.2, 0) is 0 Å². The molecule has 4 N–H and O–H groups in total. The minimum atomic E-state index is -0.323. The molecule has 1 unspecified atom stereocenters. The number of hydrogen-bond acceptors (Lipinski definition) is 2. The minimum absolute atomic E-state index is 0.145. The van der Waals surface area contributed by atoms with Crippen molar-refractivity contribution in [1.82, 2.24) is 0 Å². The molecule has 0 aromatic rings. The highest BCUT2D eigenvalue weighted by molar-refractivity contribution is 4.61. The molecule has 0 saturated heterocycles. The minimum Gasteiger partial charge on any atom is -0.329 e. The van der Waals surface area contributed by atoms with Crippen molar-refractivity contribution < 1.29 is 5.65 Å². The largest absolute Gasteiger partial charge is 0.329 e. The van der Waals surface area contributed by atoms with Crippen molar-refractivity contribution >= 4 is 0 Å². The number of nitrogens with two attached hydrogens (primary N) is 2. The van der Waals surface area contributed by atoms with Crippen LogP contribution in [0.1, 0.15) is 129 Å². The van der Waals surface area contributed by atoms with E-state index in [0.717, 1.165) is 19.3 Å². The molecule has 0 rings (SSSR count). The van der Waals surface area contributed by atoms with Gasteiger partial charge in [0, 0.05) is 12.6 Å². The molecule has 0 heterocycles. The molecule has 1 atom stereocenters. The molecule has 146 valence electrons. The molecule has 0 spiro atoms. The first-order valence-electron chi connectivity index (χ1n) is 12.9. The monoisotopic (exact) mass is 344 g/mol. The van der Waals surface area contributed by atoms with Crippen LogP contribution < -0.4 is 11.4 Å². The molecule has 0 aliphatic carbocycles. The van der Waals surface area contributed by atoms with Crippen molar-refractivity contribution in [2.45, 2.75) is 135 Å².